The molecule has 1 aliphatic rings. The van der Waals surface area contributed by atoms with Gasteiger partial charge in [0.25, 0.3) is 0 Å². The molecule has 0 saturated carbocycles. The van der Waals surface area contributed by atoms with E-state index in [-0.39, 0.29) is 11.7 Å². The third-order valence-corrected chi connectivity index (χ3v) is 6.12. The number of ketones is 1. The number of carbonyl (C=O) groups is 2. The molecular formula is C22H28N2O3S. The maximum atomic E-state index is 12.4. The number of piperazine rings is 1. The van der Waals surface area contributed by atoms with Crippen LogP contribution >= 0.6 is 11.3 Å². The summed E-state index contributed by atoms with van der Waals surface area (Å²) in [5.74, 6) is 0.982. The number of thiophene rings is 1. The van der Waals surface area contributed by atoms with Crippen molar-refractivity contribution in [2.75, 3.05) is 39.8 Å². The van der Waals surface area contributed by atoms with Gasteiger partial charge in [-0.1, -0.05) is 6.07 Å². The van der Waals surface area contributed by atoms with E-state index in [2.05, 4.69) is 22.4 Å². The van der Waals surface area contributed by atoms with Gasteiger partial charge in [0, 0.05) is 56.0 Å². The number of nitrogens with zero attached hydrogens (tertiary/aromatic N) is 2. The number of rotatable bonds is 9. The molecule has 150 valence electrons. The summed E-state index contributed by atoms with van der Waals surface area (Å²) in [5, 5.41) is 2.12. The summed E-state index contributed by atoms with van der Waals surface area (Å²) >= 11 is 1.80. The summed E-state index contributed by atoms with van der Waals surface area (Å²) in [6.07, 6.45) is 2.53. The quantitative estimate of drug-likeness (QED) is 0.605. The van der Waals surface area contributed by atoms with Crippen molar-refractivity contribution in [2.24, 2.45) is 0 Å². The Labute approximate surface area is 170 Å². The van der Waals surface area contributed by atoms with Crippen LogP contribution in [0.25, 0.3) is 0 Å². The van der Waals surface area contributed by atoms with Crippen LogP contribution in [-0.2, 0) is 11.2 Å². The van der Waals surface area contributed by atoms with E-state index in [1.807, 2.05) is 4.90 Å². The van der Waals surface area contributed by atoms with Gasteiger partial charge in [0.05, 0.1) is 7.11 Å². The summed E-state index contributed by atoms with van der Waals surface area (Å²) in [5.41, 5.74) is 0.674. The molecule has 3 rings (SSSR count). The molecular weight excluding hydrogens is 372 g/mol. The van der Waals surface area contributed by atoms with E-state index in [1.54, 1.807) is 42.7 Å². The van der Waals surface area contributed by atoms with Crippen LogP contribution in [0.2, 0.25) is 0 Å². The second-order valence-electron chi connectivity index (χ2n) is 7.06. The first-order valence-electron chi connectivity index (χ1n) is 9.85. The SMILES string of the molecule is COc1ccc(C(=O)CCCC(=O)N2CCN(CCc3cccs3)CC2)cc1. The Kier molecular flexibility index (Phi) is 7.62. The second-order valence-corrected chi connectivity index (χ2v) is 8.09. The lowest BCUT2D eigenvalue weighted by Gasteiger charge is -2.34. The van der Waals surface area contributed by atoms with E-state index in [0.29, 0.717) is 24.8 Å². The number of hydrogen-bond donors (Lipinski definition) is 0. The van der Waals surface area contributed by atoms with Crippen molar-refractivity contribution >= 4 is 23.0 Å². The van der Waals surface area contributed by atoms with Crippen molar-refractivity contribution in [3.05, 3.63) is 52.2 Å². The summed E-state index contributed by atoms with van der Waals surface area (Å²) in [6, 6.07) is 11.4. The zero-order valence-corrected chi connectivity index (χ0v) is 17.2. The first-order valence-corrected chi connectivity index (χ1v) is 10.7. The van der Waals surface area contributed by atoms with Gasteiger partial charge in [-0.05, 0) is 48.6 Å². The zero-order chi connectivity index (χ0) is 19.8. The Bertz CT molecular complexity index is 751. The third-order valence-electron chi connectivity index (χ3n) is 5.19. The fraction of sp³-hybridized carbons (Fsp3) is 0.455. The number of ether oxygens (including phenoxy) is 1. The number of hydrogen-bond acceptors (Lipinski definition) is 5. The fourth-order valence-electron chi connectivity index (χ4n) is 3.42. The van der Waals surface area contributed by atoms with Gasteiger partial charge >= 0.3 is 0 Å². The molecule has 1 aromatic heterocycles. The summed E-state index contributed by atoms with van der Waals surface area (Å²) < 4.78 is 5.11. The molecule has 0 aliphatic carbocycles. The van der Waals surface area contributed by atoms with Gasteiger partial charge in [-0.25, -0.2) is 0 Å². The van der Waals surface area contributed by atoms with E-state index < -0.39 is 0 Å². The number of methoxy groups -OCH3 is 1. The highest BCUT2D eigenvalue weighted by Gasteiger charge is 2.20. The Morgan fingerprint density at radius 3 is 2.43 bits per heavy atom. The fourth-order valence-corrected chi connectivity index (χ4v) is 4.12. The van der Waals surface area contributed by atoms with Crippen molar-refractivity contribution in [1.29, 1.82) is 0 Å². The van der Waals surface area contributed by atoms with Crippen molar-refractivity contribution < 1.29 is 14.3 Å². The molecule has 1 saturated heterocycles. The molecule has 0 N–H and O–H groups in total. The second kappa shape index (κ2) is 10.4. The molecule has 1 amide bonds. The largest absolute Gasteiger partial charge is 0.497 e. The summed E-state index contributed by atoms with van der Waals surface area (Å²) in [4.78, 5) is 30.5. The molecule has 6 heteroatoms. The van der Waals surface area contributed by atoms with Gasteiger partial charge in [0.2, 0.25) is 5.91 Å². The molecule has 0 spiro atoms. The van der Waals surface area contributed by atoms with E-state index in [0.717, 1.165) is 44.9 Å². The molecule has 0 atom stereocenters. The highest BCUT2D eigenvalue weighted by Crippen LogP contribution is 2.15. The van der Waals surface area contributed by atoms with Gasteiger partial charge in [-0.3, -0.25) is 14.5 Å². The number of carbonyl (C=O) groups excluding carboxylic acids is 2. The molecule has 1 aromatic carbocycles. The average molecular weight is 401 g/mol. The maximum absolute atomic E-state index is 12.4. The molecule has 0 unspecified atom stereocenters. The summed E-state index contributed by atoms with van der Waals surface area (Å²) in [7, 11) is 1.60. The average Bonchev–Trinajstić information content (AvgIpc) is 3.26. The van der Waals surface area contributed by atoms with Crippen LogP contribution in [0.4, 0.5) is 0 Å². The van der Waals surface area contributed by atoms with E-state index in [1.165, 1.54) is 4.88 Å². The first kappa shape index (κ1) is 20.6. The minimum Gasteiger partial charge on any atom is -0.497 e. The summed E-state index contributed by atoms with van der Waals surface area (Å²) in [6.45, 7) is 4.49. The van der Waals surface area contributed by atoms with Crippen LogP contribution < -0.4 is 4.74 Å². The van der Waals surface area contributed by atoms with Crippen molar-refractivity contribution in [3.8, 4) is 5.75 Å². The molecule has 0 bridgehead atoms. The predicted molar refractivity (Wildman–Crippen MR) is 112 cm³/mol. The monoisotopic (exact) mass is 400 g/mol. The number of amides is 1. The Morgan fingerprint density at radius 2 is 1.79 bits per heavy atom. The van der Waals surface area contributed by atoms with Crippen LogP contribution in [0.1, 0.15) is 34.5 Å². The maximum Gasteiger partial charge on any atom is 0.222 e. The van der Waals surface area contributed by atoms with Gasteiger partial charge in [-0.15, -0.1) is 11.3 Å². The Balaban J connectivity index is 1.33. The van der Waals surface area contributed by atoms with Crippen LogP contribution in [-0.4, -0.2) is 61.3 Å². The minimum absolute atomic E-state index is 0.0776. The van der Waals surface area contributed by atoms with Gasteiger partial charge in [-0.2, -0.15) is 0 Å². The van der Waals surface area contributed by atoms with Gasteiger partial charge < -0.3 is 9.64 Å². The topological polar surface area (TPSA) is 49.9 Å². The Hall–Kier alpha value is -2.18. The first-order chi connectivity index (χ1) is 13.7. The molecule has 2 aromatic rings. The van der Waals surface area contributed by atoms with Gasteiger partial charge in [0.15, 0.2) is 5.78 Å². The lowest BCUT2D eigenvalue weighted by molar-refractivity contribution is -0.133. The number of benzene rings is 1. The Morgan fingerprint density at radius 1 is 1.04 bits per heavy atom. The van der Waals surface area contributed by atoms with Crippen LogP contribution in [0.5, 0.6) is 5.75 Å². The lowest BCUT2D eigenvalue weighted by Crippen LogP contribution is -2.49. The standard InChI is InChI=1S/C22H28N2O3S/c1-27-19-9-7-18(8-10-19)21(25)5-2-6-22(26)24-15-13-23(14-16-24)12-11-20-4-3-17-28-20/h3-4,7-10,17H,2,5-6,11-16H2,1H3. The van der Waals surface area contributed by atoms with Crippen molar-refractivity contribution in [2.45, 2.75) is 25.7 Å². The molecule has 1 aliphatic heterocycles. The zero-order valence-electron chi connectivity index (χ0n) is 16.4. The molecule has 0 radical (unpaired) electrons. The van der Waals surface area contributed by atoms with Crippen LogP contribution in [0, 0.1) is 0 Å². The molecule has 28 heavy (non-hydrogen) atoms. The normalized spacial score (nSPS) is 14.8. The van der Waals surface area contributed by atoms with Crippen LogP contribution in [0.15, 0.2) is 41.8 Å². The highest BCUT2D eigenvalue weighted by molar-refractivity contribution is 7.09. The lowest BCUT2D eigenvalue weighted by atomic mass is 10.0. The predicted octanol–water partition coefficient (Wildman–Crippen LogP) is 3.50. The smallest absolute Gasteiger partial charge is 0.222 e. The molecule has 5 nitrogen and oxygen atoms in total. The van der Waals surface area contributed by atoms with E-state index in [4.69, 9.17) is 4.74 Å². The number of Topliss-reactive ketones (excluding diaryl/α,β-unsaturated/α-hetero) is 1. The van der Waals surface area contributed by atoms with Crippen molar-refractivity contribution in [1.82, 2.24) is 9.80 Å². The van der Waals surface area contributed by atoms with E-state index >= 15 is 0 Å². The minimum atomic E-state index is 0.0776. The van der Waals surface area contributed by atoms with Gasteiger partial charge in [0.1, 0.15) is 5.75 Å². The molecule has 1 fully saturated rings. The highest BCUT2D eigenvalue weighted by atomic mass is 32.1. The molecule has 2 heterocycles. The van der Waals surface area contributed by atoms with Crippen molar-refractivity contribution in [3.63, 3.8) is 0 Å². The van der Waals surface area contributed by atoms with Crippen LogP contribution in [0.3, 0.4) is 0 Å². The van der Waals surface area contributed by atoms with E-state index in [9.17, 15) is 9.59 Å². The third kappa shape index (κ3) is 5.91.